The van der Waals surface area contributed by atoms with Crippen molar-refractivity contribution in [3.8, 4) is 0 Å². The zero-order chi connectivity index (χ0) is 17.6. The molecule has 1 aliphatic heterocycles. The lowest BCUT2D eigenvalue weighted by Crippen LogP contribution is -2.39. The molecule has 0 aromatic heterocycles. The van der Waals surface area contributed by atoms with Crippen LogP contribution in [-0.2, 0) is 16.6 Å². The molecule has 6 nitrogen and oxygen atoms in total. The molecule has 0 amide bonds. The number of nitrogens with one attached hydrogen (secondary N) is 1. The summed E-state index contributed by atoms with van der Waals surface area (Å²) in [5.41, 5.74) is 1.19. The highest BCUT2D eigenvalue weighted by Gasteiger charge is 2.27. The molecule has 0 unspecified atom stereocenters. The fourth-order valence-electron chi connectivity index (χ4n) is 2.62. The lowest BCUT2D eigenvalue weighted by atomic mass is 10.2. The van der Waals surface area contributed by atoms with E-state index in [4.69, 9.17) is 0 Å². The molecule has 142 valence electrons. The molecule has 1 aromatic rings. The lowest BCUT2D eigenvalue weighted by Gasteiger charge is -2.22. The lowest BCUT2D eigenvalue weighted by molar-refractivity contribution is 0.445. The topological polar surface area (TPSA) is 65.0 Å². The van der Waals surface area contributed by atoms with E-state index in [1.54, 1.807) is 0 Å². The monoisotopic (exact) mass is 544 g/mol. The van der Waals surface area contributed by atoms with Crippen LogP contribution in [0.4, 0.5) is 0 Å². The molecular formula is C16H26BrIN4O2S. The highest BCUT2D eigenvalue weighted by atomic mass is 127. The van der Waals surface area contributed by atoms with Crippen molar-refractivity contribution in [2.24, 2.45) is 4.99 Å². The van der Waals surface area contributed by atoms with Gasteiger partial charge in [0.05, 0.1) is 12.3 Å². The summed E-state index contributed by atoms with van der Waals surface area (Å²) in [4.78, 5) is 6.62. The molecule has 1 N–H and O–H groups in total. The minimum atomic E-state index is -3.04. The number of rotatable bonds is 6. The Kier molecular flexibility index (Phi) is 9.68. The number of aliphatic imine (C=N–C) groups is 1. The molecule has 1 aliphatic rings. The highest BCUT2D eigenvalue weighted by Crippen LogP contribution is 2.13. The number of nitrogens with zero attached hydrogens (tertiary/aromatic N) is 3. The number of guanidine groups is 1. The van der Waals surface area contributed by atoms with Gasteiger partial charge in [0.25, 0.3) is 0 Å². The van der Waals surface area contributed by atoms with Crippen molar-refractivity contribution in [2.45, 2.75) is 19.9 Å². The number of sulfonamides is 1. The van der Waals surface area contributed by atoms with E-state index in [1.165, 1.54) is 9.87 Å². The van der Waals surface area contributed by atoms with Gasteiger partial charge in [-0.1, -0.05) is 28.1 Å². The summed E-state index contributed by atoms with van der Waals surface area (Å²) in [6.07, 6.45) is 0.718. The summed E-state index contributed by atoms with van der Waals surface area (Å²) in [7, 11) is -1.06. The van der Waals surface area contributed by atoms with Crippen molar-refractivity contribution in [3.05, 3.63) is 34.3 Å². The Morgan fingerprint density at radius 3 is 2.60 bits per heavy atom. The van der Waals surface area contributed by atoms with Crippen LogP contribution in [0.1, 0.15) is 18.9 Å². The summed E-state index contributed by atoms with van der Waals surface area (Å²) >= 11 is 3.44. The second-order valence-corrected chi connectivity index (χ2v) is 8.79. The van der Waals surface area contributed by atoms with Gasteiger partial charge in [0.1, 0.15) is 0 Å². The Bertz CT molecular complexity index is 667. The largest absolute Gasteiger partial charge is 0.357 e. The molecule has 1 heterocycles. The summed E-state index contributed by atoms with van der Waals surface area (Å²) in [5, 5.41) is 3.26. The minimum Gasteiger partial charge on any atom is -0.357 e. The van der Waals surface area contributed by atoms with E-state index in [9.17, 15) is 8.42 Å². The summed E-state index contributed by atoms with van der Waals surface area (Å²) in [5.74, 6) is 1.05. The molecule has 0 bridgehead atoms. The molecule has 1 saturated heterocycles. The maximum Gasteiger partial charge on any atom is 0.214 e. The van der Waals surface area contributed by atoms with Gasteiger partial charge in [-0.3, -0.25) is 4.99 Å². The van der Waals surface area contributed by atoms with E-state index in [-0.39, 0.29) is 29.7 Å². The molecule has 9 heteroatoms. The molecular weight excluding hydrogens is 519 g/mol. The van der Waals surface area contributed by atoms with Gasteiger partial charge in [-0.15, -0.1) is 24.0 Å². The van der Waals surface area contributed by atoms with E-state index in [0.29, 0.717) is 19.6 Å². The average Bonchev–Trinajstić information content (AvgIpc) is 2.87. The Morgan fingerprint density at radius 1 is 1.36 bits per heavy atom. The molecule has 1 aromatic carbocycles. The Hall–Kier alpha value is -0.390. The van der Waals surface area contributed by atoms with Gasteiger partial charge in [0.15, 0.2) is 5.96 Å². The van der Waals surface area contributed by atoms with Crippen LogP contribution < -0.4 is 5.32 Å². The Labute approximate surface area is 176 Å². The van der Waals surface area contributed by atoms with E-state index in [1.807, 2.05) is 31.0 Å². The fourth-order valence-corrected chi connectivity index (χ4v) is 4.40. The van der Waals surface area contributed by atoms with Gasteiger partial charge in [0, 0.05) is 37.7 Å². The predicted octanol–water partition coefficient (Wildman–Crippen LogP) is 2.50. The summed E-state index contributed by atoms with van der Waals surface area (Å²) in [6, 6.07) is 8.18. The molecule has 0 atom stereocenters. The summed E-state index contributed by atoms with van der Waals surface area (Å²) in [6.45, 7) is 5.05. The zero-order valence-electron chi connectivity index (χ0n) is 14.6. The van der Waals surface area contributed by atoms with Crippen LogP contribution in [0, 0.1) is 0 Å². The number of hydrogen-bond donors (Lipinski definition) is 1. The first-order valence-corrected chi connectivity index (χ1v) is 10.5. The SMILES string of the molecule is CCNC(=NCCN1CCCS1(=O)=O)N(C)Cc1ccc(Br)cc1.I. The smallest absolute Gasteiger partial charge is 0.214 e. The van der Waals surface area contributed by atoms with Gasteiger partial charge in [0.2, 0.25) is 10.0 Å². The maximum atomic E-state index is 11.8. The average molecular weight is 545 g/mol. The van der Waals surface area contributed by atoms with Crippen LogP contribution in [0.5, 0.6) is 0 Å². The number of halogens is 2. The molecule has 2 rings (SSSR count). The quantitative estimate of drug-likeness (QED) is 0.339. The summed E-state index contributed by atoms with van der Waals surface area (Å²) < 4.78 is 26.2. The number of benzene rings is 1. The first kappa shape index (κ1) is 22.7. The van der Waals surface area contributed by atoms with Crippen LogP contribution in [0.2, 0.25) is 0 Å². The van der Waals surface area contributed by atoms with Gasteiger partial charge in [-0.2, -0.15) is 0 Å². The molecule has 0 saturated carbocycles. The van der Waals surface area contributed by atoms with E-state index in [2.05, 4.69) is 38.4 Å². The Morgan fingerprint density at radius 2 is 2.04 bits per heavy atom. The van der Waals surface area contributed by atoms with Crippen molar-refractivity contribution in [1.29, 1.82) is 0 Å². The normalized spacial score (nSPS) is 17.2. The molecule has 0 aliphatic carbocycles. The zero-order valence-corrected chi connectivity index (χ0v) is 19.3. The van der Waals surface area contributed by atoms with Crippen molar-refractivity contribution in [2.75, 3.05) is 39.0 Å². The highest BCUT2D eigenvalue weighted by molar-refractivity contribution is 14.0. The molecule has 0 radical (unpaired) electrons. The van der Waals surface area contributed by atoms with Crippen molar-refractivity contribution >= 4 is 55.9 Å². The van der Waals surface area contributed by atoms with Crippen LogP contribution in [0.15, 0.2) is 33.7 Å². The Balaban J connectivity index is 0.00000312. The van der Waals surface area contributed by atoms with Crippen LogP contribution in [0.3, 0.4) is 0 Å². The van der Waals surface area contributed by atoms with Crippen LogP contribution in [-0.4, -0.2) is 62.6 Å². The van der Waals surface area contributed by atoms with Crippen molar-refractivity contribution in [1.82, 2.24) is 14.5 Å². The van der Waals surface area contributed by atoms with Gasteiger partial charge >= 0.3 is 0 Å². The standard InChI is InChI=1S/C16H25BrN4O2S.HI/c1-3-18-16(19-9-11-21-10-4-12-24(21,22)23)20(2)13-14-5-7-15(17)8-6-14;/h5-8H,3-4,9-13H2,1-2H3,(H,18,19);1H. The van der Waals surface area contributed by atoms with Crippen molar-refractivity contribution < 1.29 is 8.42 Å². The second-order valence-electron chi connectivity index (χ2n) is 5.79. The maximum absolute atomic E-state index is 11.8. The third kappa shape index (κ3) is 7.03. The van der Waals surface area contributed by atoms with E-state index < -0.39 is 10.0 Å². The van der Waals surface area contributed by atoms with Crippen molar-refractivity contribution in [3.63, 3.8) is 0 Å². The first-order chi connectivity index (χ1) is 11.4. The molecule has 25 heavy (non-hydrogen) atoms. The third-order valence-corrected chi connectivity index (χ3v) is 6.33. The van der Waals surface area contributed by atoms with Crippen LogP contribution >= 0.6 is 39.9 Å². The number of hydrogen-bond acceptors (Lipinski definition) is 3. The third-order valence-electron chi connectivity index (χ3n) is 3.84. The van der Waals surface area contributed by atoms with E-state index >= 15 is 0 Å². The van der Waals surface area contributed by atoms with Gasteiger partial charge in [-0.25, -0.2) is 12.7 Å². The van der Waals surface area contributed by atoms with Gasteiger partial charge in [-0.05, 0) is 31.0 Å². The fraction of sp³-hybridized carbons (Fsp3) is 0.562. The van der Waals surface area contributed by atoms with Crippen LogP contribution in [0.25, 0.3) is 0 Å². The predicted molar refractivity (Wildman–Crippen MR) is 117 cm³/mol. The van der Waals surface area contributed by atoms with E-state index in [0.717, 1.165) is 29.9 Å². The van der Waals surface area contributed by atoms with Gasteiger partial charge < -0.3 is 10.2 Å². The minimum absolute atomic E-state index is 0. The first-order valence-electron chi connectivity index (χ1n) is 8.14. The molecule has 0 spiro atoms. The second kappa shape index (κ2) is 10.7. The molecule has 1 fully saturated rings.